The molecule has 0 bridgehead atoms. The Morgan fingerprint density at radius 1 is 1.28 bits per heavy atom. The number of hydrogen-bond donors (Lipinski definition) is 2. The number of aryl methyl sites for hydroxylation is 1. The van der Waals surface area contributed by atoms with Crippen LogP contribution in [0.15, 0.2) is 18.2 Å². The average Bonchev–Trinajstić information content (AvgIpc) is 2.34. The van der Waals surface area contributed by atoms with Crippen molar-refractivity contribution in [2.24, 2.45) is 0 Å². The van der Waals surface area contributed by atoms with Crippen molar-refractivity contribution in [3.8, 4) is 0 Å². The van der Waals surface area contributed by atoms with Gasteiger partial charge >= 0.3 is 6.03 Å². The quantitative estimate of drug-likeness (QED) is 0.831. The van der Waals surface area contributed by atoms with E-state index in [1.54, 1.807) is 6.07 Å². The molecule has 1 aromatic rings. The third kappa shape index (κ3) is 3.64. The van der Waals surface area contributed by atoms with Crippen LogP contribution in [0, 0.1) is 6.92 Å². The predicted octanol–water partition coefficient (Wildman–Crippen LogP) is 4.10. The second kappa shape index (κ2) is 6.10. The van der Waals surface area contributed by atoms with Crippen LogP contribution in [0.2, 0.25) is 5.02 Å². The van der Waals surface area contributed by atoms with Gasteiger partial charge in [0.1, 0.15) is 0 Å². The largest absolute Gasteiger partial charge is 0.335 e. The van der Waals surface area contributed by atoms with Gasteiger partial charge in [-0.2, -0.15) is 0 Å². The van der Waals surface area contributed by atoms with Gasteiger partial charge in [-0.15, -0.1) is 0 Å². The van der Waals surface area contributed by atoms with Crippen LogP contribution in [0.4, 0.5) is 10.5 Å². The smallest absolute Gasteiger partial charge is 0.319 e. The highest BCUT2D eigenvalue weighted by molar-refractivity contribution is 6.30. The van der Waals surface area contributed by atoms with E-state index in [1.165, 1.54) is 19.3 Å². The zero-order valence-electron chi connectivity index (χ0n) is 10.6. The molecular weight excluding hydrogens is 248 g/mol. The van der Waals surface area contributed by atoms with Crippen LogP contribution in [0.3, 0.4) is 0 Å². The maximum atomic E-state index is 11.9. The van der Waals surface area contributed by atoms with E-state index in [4.69, 9.17) is 11.6 Å². The van der Waals surface area contributed by atoms with E-state index < -0.39 is 0 Å². The number of urea groups is 1. The lowest BCUT2D eigenvalue weighted by Crippen LogP contribution is -2.39. The summed E-state index contributed by atoms with van der Waals surface area (Å²) < 4.78 is 0. The van der Waals surface area contributed by atoms with Gasteiger partial charge in [0, 0.05) is 16.8 Å². The summed E-state index contributed by atoms with van der Waals surface area (Å²) in [5.41, 5.74) is 1.79. The summed E-state index contributed by atoms with van der Waals surface area (Å²) in [6, 6.07) is 5.67. The molecule has 0 heterocycles. The monoisotopic (exact) mass is 266 g/mol. The fraction of sp³-hybridized carbons (Fsp3) is 0.500. The molecule has 0 radical (unpaired) electrons. The van der Waals surface area contributed by atoms with Gasteiger partial charge in [0.05, 0.1) is 0 Å². The van der Waals surface area contributed by atoms with Crippen molar-refractivity contribution in [3.05, 3.63) is 28.8 Å². The van der Waals surface area contributed by atoms with Gasteiger partial charge in [-0.05, 0) is 43.5 Å². The van der Waals surface area contributed by atoms with Gasteiger partial charge in [-0.25, -0.2) is 4.79 Å². The van der Waals surface area contributed by atoms with E-state index in [-0.39, 0.29) is 6.03 Å². The van der Waals surface area contributed by atoms with Gasteiger partial charge in [-0.1, -0.05) is 30.9 Å². The van der Waals surface area contributed by atoms with Crippen molar-refractivity contribution in [3.63, 3.8) is 0 Å². The molecule has 0 unspecified atom stereocenters. The Balaban J connectivity index is 1.90. The van der Waals surface area contributed by atoms with Crippen molar-refractivity contribution < 1.29 is 4.79 Å². The molecule has 1 aliphatic rings. The third-order valence-electron chi connectivity index (χ3n) is 3.38. The van der Waals surface area contributed by atoms with E-state index >= 15 is 0 Å². The van der Waals surface area contributed by atoms with Crippen molar-refractivity contribution >= 4 is 23.3 Å². The molecule has 1 fully saturated rings. The fourth-order valence-corrected chi connectivity index (χ4v) is 2.58. The maximum absolute atomic E-state index is 11.9. The van der Waals surface area contributed by atoms with Gasteiger partial charge in [0.2, 0.25) is 0 Å². The molecule has 0 saturated heterocycles. The lowest BCUT2D eigenvalue weighted by molar-refractivity contribution is 0.244. The summed E-state index contributed by atoms with van der Waals surface area (Å²) in [6.45, 7) is 1.93. The van der Waals surface area contributed by atoms with Gasteiger partial charge in [-0.3, -0.25) is 0 Å². The number of nitrogens with one attached hydrogen (secondary N) is 2. The molecule has 0 atom stereocenters. The summed E-state index contributed by atoms with van der Waals surface area (Å²) >= 11 is 5.88. The van der Waals surface area contributed by atoms with Crippen LogP contribution in [0.5, 0.6) is 0 Å². The first-order chi connectivity index (χ1) is 8.65. The van der Waals surface area contributed by atoms with Crippen LogP contribution < -0.4 is 10.6 Å². The van der Waals surface area contributed by atoms with Gasteiger partial charge < -0.3 is 10.6 Å². The van der Waals surface area contributed by atoms with Crippen LogP contribution in [0.25, 0.3) is 0 Å². The number of carbonyl (C=O) groups excluding carboxylic acids is 1. The average molecular weight is 267 g/mol. The number of benzene rings is 1. The molecule has 2 N–H and O–H groups in total. The summed E-state index contributed by atoms with van der Waals surface area (Å²) in [5, 5.41) is 6.59. The number of anilines is 1. The minimum absolute atomic E-state index is 0.118. The second-order valence-electron chi connectivity index (χ2n) is 4.89. The number of halogens is 1. The van der Waals surface area contributed by atoms with Crippen LogP contribution >= 0.6 is 11.6 Å². The normalized spacial score (nSPS) is 16.3. The Labute approximate surface area is 113 Å². The lowest BCUT2D eigenvalue weighted by atomic mass is 9.96. The molecule has 3 nitrogen and oxygen atoms in total. The molecule has 0 aromatic heterocycles. The van der Waals surface area contributed by atoms with E-state index in [9.17, 15) is 4.79 Å². The van der Waals surface area contributed by atoms with Crippen LogP contribution in [0.1, 0.15) is 37.7 Å². The maximum Gasteiger partial charge on any atom is 0.319 e. The van der Waals surface area contributed by atoms with Crippen LogP contribution in [-0.4, -0.2) is 12.1 Å². The summed E-state index contributed by atoms with van der Waals surface area (Å²) in [4.78, 5) is 11.9. The second-order valence-corrected chi connectivity index (χ2v) is 5.33. The molecule has 1 aromatic carbocycles. The minimum Gasteiger partial charge on any atom is -0.335 e. The van der Waals surface area contributed by atoms with Crippen molar-refractivity contribution in [1.29, 1.82) is 0 Å². The van der Waals surface area contributed by atoms with E-state index in [0.29, 0.717) is 11.1 Å². The molecule has 98 valence electrons. The fourth-order valence-electron chi connectivity index (χ4n) is 2.36. The van der Waals surface area contributed by atoms with Crippen molar-refractivity contribution in [1.82, 2.24) is 5.32 Å². The molecule has 0 aliphatic heterocycles. The first-order valence-electron chi connectivity index (χ1n) is 6.49. The predicted molar refractivity (Wildman–Crippen MR) is 75.2 cm³/mol. The topological polar surface area (TPSA) is 41.1 Å². The molecular formula is C14H19ClN2O. The lowest BCUT2D eigenvalue weighted by Gasteiger charge is -2.23. The molecule has 18 heavy (non-hydrogen) atoms. The Hall–Kier alpha value is -1.22. The number of rotatable bonds is 2. The van der Waals surface area contributed by atoms with Crippen LogP contribution in [-0.2, 0) is 0 Å². The van der Waals surface area contributed by atoms with E-state index in [1.807, 2.05) is 19.1 Å². The van der Waals surface area contributed by atoms with Crippen molar-refractivity contribution in [2.45, 2.75) is 45.1 Å². The molecule has 2 rings (SSSR count). The number of carbonyl (C=O) groups is 1. The van der Waals surface area contributed by atoms with Crippen molar-refractivity contribution in [2.75, 3.05) is 5.32 Å². The zero-order chi connectivity index (χ0) is 13.0. The zero-order valence-corrected chi connectivity index (χ0v) is 11.4. The first kappa shape index (κ1) is 13.2. The number of amides is 2. The summed E-state index contributed by atoms with van der Waals surface area (Å²) in [6.07, 6.45) is 5.89. The summed E-state index contributed by atoms with van der Waals surface area (Å²) in [7, 11) is 0. The first-order valence-corrected chi connectivity index (χ1v) is 6.86. The highest BCUT2D eigenvalue weighted by Gasteiger charge is 2.15. The molecule has 1 saturated carbocycles. The standard InChI is InChI=1S/C14H19ClN2O/c1-10-9-11(15)7-8-13(10)17-14(18)16-12-5-3-2-4-6-12/h7-9,12H,2-6H2,1H3,(H2,16,17,18). The Morgan fingerprint density at radius 3 is 2.67 bits per heavy atom. The van der Waals surface area contributed by atoms with E-state index in [0.717, 1.165) is 24.1 Å². The third-order valence-corrected chi connectivity index (χ3v) is 3.61. The Bertz CT molecular complexity index is 428. The summed E-state index contributed by atoms with van der Waals surface area (Å²) in [5.74, 6) is 0. The minimum atomic E-state index is -0.118. The molecule has 2 amide bonds. The van der Waals surface area contributed by atoms with E-state index in [2.05, 4.69) is 10.6 Å². The highest BCUT2D eigenvalue weighted by atomic mass is 35.5. The molecule has 4 heteroatoms. The van der Waals surface area contributed by atoms with Gasteiger partial charge in [0.15, 0.2) is 0 Å². The number of hydrogen-bond acceptors (Lipinski definition) is 1. The Morgan fingerprint density at radius 2 is 2.00 bits per heavy atom. The highest BCUT2D eigenvalue weighted by Crippen LogP contribution is 2.20. The van der Waals surface area contributed by atoms with Gasteiger partial charge in [0.25, 0.3) is 0 Å². The Kier molecular flexibility index (Phi) is 4.48. The SMILES string of the molecule is Cc1cc(Cl)ccc1NC(=O)NC1CCCCC1. The molecule has 0 spiro atoms. The molecule has 1 aliphatic carbocycles.